The van der Waals surface area contributed by atoms with Crippen molar-refractivity contribution in [3.05, 3.63) is 41.7 Å². The van der Waals surface area contributed by atoms with E-state index in [-0.39, 0.29) is 37.2 Å². The zero-order valence-corrected chi connectivity index (χ0v) is 17.5. The Morgan fingerprint density at radius 1 is 1.21 bits per heavy atom. The number of ether oxygens (including phenoxy) is 2. The Labute approximate surface area is 168 Å². The molecule has 0 radical (unpaired) electrons. The van der Waals surface area contributed by atoms with Crippen molar-refractivity contribution in [2.24, 2.45) is 0 Å². The Kier molecular flexibility index (Phi) is 5.91. The summed E-state index contributed by atoms with van der Waals surface area (Å²) in [4.78, 5) is 25.0. The Morgan fingerprint density at radius 2 is 1.83 bits per heavy atom. The number of esters is 2. The van der Waals surface area contributed by atoms with Gasteiger partial charge in [-0.15, -0.1) is 5.10 Å². The summed E-state index contributed by atoms with van der Waals surface area (Å²) in [6, 6.07) is 8.77. The summed E-state index contributed by atoms with van der Waals surface area (Å²) >= 11 is 0. The molecular formula is C19H24N3O6P. The van der Waals surface area contributed by atoms with Gasteiger partial charge >= 0.3 is 11.9 Å². The van der Waals surface area contributed by atoms with E-state index in [1.165, 1.54) is 0 Å². The first-order chi connectivity index (χ1) is 13.8. The van der Waals surface area contributed by atoms with Crippen molar-refractivity contribution in [1.29, 1.82) is 0 Å². The van der Waals surface area contributed by atoms with Crippen LogP contribution < -0.4 is 5.30 Å². The standard InChI is InChI=1S/C19H24N3O6P/c1-4-27-16(23)14-15(17(24)28-5-2)22(21-20-14)18-19(3,25)11-12-29(18,26)13-9-7-6-8-10-13/h6-10,18,25H,4-5,11-12H2,1-3H3/t18-,19-,29?/m1/s1. The molecule has 2 heterocycles. The van der Waals surface area contributed by atoms with Gasteiger partial charge in [0.05, 0.1) is 18.8 Å². The van der Waals surface area contributed by atoms with E-state index in [1.807, 2.05) is 0 Å². The highest BCUT2D eigenvalue weighted by molar-refractivity contribution is 7.72. The summed E-state index contributed by atoms with van der Waals surface area (Å²) < 4.78 is 25.2. The summed E-state index contributed by atoms with van der Waals surface area (Å²) in [5.74, 6) is -2.76. The SMILES string of the molecule is CCOC(=O)c1nnn([C@H]2[C@](C)(O)CCP2(=O)c2ccccc2)c1C(=O)OCC. The second kappa shape index (κ2) is 8.08. The van der Waals surface area contributed by atoms with Gasteiger partial charge in [0, 0.05) is 11.5 Å². The zero-order valence-electron chi connectivity index (χ0n) is 16.6. The highest BCUT2D eigenvalue weighted by atomic mass is 31.2. The number of hydrogen-bond acceptors (Lipinski definition) is 8. The lowest BCUT2D eigenvalue weighted by atomic mass is 10.0. The van der Waals surface area contributed by atoms with Gasteiger partial charge in [0.2, 0.25) is 5.69 Å². The third-order valence-electron chi connectivity index (χ3n) is 4.96. The predicted molar refractivity (Wildman–Crippen MR) is 105 cm³/mol. The van der Waals surface area contributed by atoms with Crippen LogP contribution in [0.3, 0.4) is 0 Å². The lowest BCUT2D eigenvalue weighted by Gasteiger charge is -2.30. The molecule has 1 aliphatic rings. The van der Waals surface area contributed by atoms with Crippen molar-refractivity contribution in [2.75, 3.05) is 19.4 Å². The number of hydrogen-bond donors (Lipinski definition) is 1. The molecule has 1 aromatic carbocycles. The van der Waals surface area contributed by atoms with Gasteiger partial charge in [-0.05, 0) is 27.2 Å². The van der Waals surface area contributed by atoms with Crippen LogP contribution in [0.2, 0.25) is 0 Å². The van der Waals surface area contributed by atoms with E-state index < -0.39 is 30.5 Å². The summed E-state index contributed by atoms with van der Waals surface area (Å²) in [5.41, 5.74) is -2.03. The monoisotopic (exact) mass is 421 g/mol. The quantitative estimate of drug-likeness (QED) is 0.555. The Balaban J connectivity index is 2.20. The molecular weight excluding hydrogens is 397 g/mol. The van der Waals surface area contributed by atoms with Crippen molar-refractivity contribution in [1.82, 2.24) is 15.0 Å². The fourth-order valence-electron chi connectivity index (χ4n) is 3.68. The van der Waals surface area contributed by atoms with Crippen LogP contribution in [0.4, 0.5) is 0 Å². The summed E-state index contributed by atoms with van der Waals surface area (Å²) in [6.45, 7) is 4.93. The first kappa shape index (κ1) is 21.2. The fourth-order valence-corrected chi connectivity index (χ4v) is 7.46. The van der Waals surface area contributed by atoms with E-state index in [4.69, 9.17) is 9.47 Å². The van der Waals surface area contributed by atoms with Crippen LogP contribution in [0.15, 0.2) is 30.3 Å². The molecule has 156 valence electrons. The lowest BCUT2D eigenvalue weighted by Crippen LogP contribution is -2.35. The molecule has 2 aromatic rings. The zero-order chi connectivity index (χ0) is 21.2. The van der Waals surface area contributed by atoms with Crippen LogP contribution in [0.25, 0.3) is 0 Å². The maximum atomic E-state index is 14.1. The van der Waals surface area contributed by atoms with E-state index in [1.54, 1.807) is 51.1 Å². The van der Waals surface area contributed by atoms with E-state index >= 15 is 0 Å². The largest absolute Gasteiger partial charge is 0.461 e. The number of nitrogens with zero attached hydrogens (tertiary/aromatic N) is 3. The number of aromatic nitrogens is 3. The van der Waals surface area contributed by atoms with E-state index in [0.717, 1.165) is 4.68 Å². The van der Waals surface area contributed by atoms with Gasteiger partial charge in [-0.1, -0.05) is 35.5 Å². The molecule has 0 bridgehead atoms. The number of aliphatic hydroxyl groups is 1. The Morgan fingerprint density at radius 3 is 2.45 bits per heavy atom. The molecule has 1 aromatic heterocycles. The van der Waals surface area contributed by atoms with E-state index in [0.29, 0.717) is 5.30 Å². The number of carbonyl (C=O) groups excluding carboxylic acids is 2. The minimum atomic E-state index is -3.24. The minimum absolute atomic E-state index is 0.0592. The third kappa shape index (κ3) is 3.72. The molecule has 3 rings (SSSR count). The van der Waals surface area contributed by atoms with Crippen LogP contribution >= 0.6 is 7.14 Å². The molecule has 0 amide bonds. The number of rotatable bonds is 6. The van der Waals surface area contributed by atoms with Crippen molar-refractivity contribution in [3.8, 4) is 0 Å². The summed E-state index contributed by atoms with van der Waals surface area (Å²) in [6.07, 6.45) is 0.465. The smallest absolute Gasteiger partial charge is 0.361 e. The molecule has 1 N–H and O–H groups in total. The normalized spacial score (nSPS) is 26.3. The summed E-state index contributed by atoms with van der Waals surface area (Å²) in [5, 5.41) is 19.4. The first-order valence-corrected chi connectivity index (χ1v) is 11.4. The molecule has 10 heteroatoms. The van der Waals surface area contributed by atoms with Crippen molar-refractivity contribution >= 4 is 24.4 Å². The molecule has 0 saturated carbocycles. The molecule has 3 atom stereocenters. The van der Waals surface area contributed by atoms with Gasteiger partial charge in [0.25, 0.3) is 0 Å². The predicted octanol–water partition coefficient (Wildman–Crippen LogP) is 1.97. The molecule has 1 fully saturated rings. The van der Waals surface area contributed by atoms with Crippen LogP contribution in [0, 0.1) is 0 Å². The molecule has 9 nitrogen and oxygen atoms in total. The minimum Gasteiger partial charge on any atom is -0.461 e. The second-order valence-corrected chi connectivity index (χ2v) is 10.1. The van der Waals surface area contributed by atoms with Gasteiger partial charge in [-0.3, -0.25) is 0 Å². The van der Waals surface area contributed by atoms with Gasteiger partial charge in [-0.2, -0.15) is 0 Å². The van der Waals surface area contributed by atoms with Crippen molar-refractivity contribution in [3.63, 3.8) is 0 Å². The van der Waals surface area contributed by atoms with Crippen molar-refractivity contribution < 1.29 is 28.7 Å². The Bertz CT molecular complexity index is 956. The highest BCUT2D eigenvalue weighted by Gasteiger charge is 2.55. The van der Waals surface area contributed by atoms with Gasteiger partial charge in [-0.25, -0.2) is 14.3 Å². The third-order valence-corrected chi connectivity index (χ3v) is 8.58. The van der Waals surface area contributed by atoms with Crippen LogP contribution in [-0.4, -0.2) is 57.0 Å². The Hall–Kier alpha value is -2.51. The molecule has 1 aliphatic heterocycles. The van der Waals surface area contributed by atoms with E-state index in [9.17, 15) is 19.3 Å². The van der Waals surface area contributed by atoms with Gasteiger partial charge in [0.15, 0.2) is 5.69 Å². The molecule has 0 spiro atoms. The van der Waals surface area contributed by atoms with Gasteiger partial charge in [0.1, 0.15) is 12.9 Å². The second-order valence-electron chi connectivity index (χ2n) is 7.01. The van der Waals surface area contributed by atoms with Crippen molar-refractivity contribution in [2.45, 2.75) is 38.6 Å². The summed E-state index contributed by atoms with van der Waals surface area (Å²) in [7, 11) is -3.24. The lowest BCUT2D eigenvalue weighted by molar-refractivity contribution is 0.0323. The van der Waals surface area contributed by atoms with Crippen LogP contribution in [0.1, 0.15) is 54.0 Å². The number of carbonyl (C=O) groups is 2. The molecule has 0 aliphatic carbocycles. The maximum absolute atomic E-state index is 14.1. The average molecular weight is 421 g/mol. The average Bonchev–Trinajstić information content (AvgIpc) is 3.22. The first-order valence-electron chi connectivity index (χ1n) is 9.42. The molecule has 29 heavy (non-hydrogen) atoms. The fraction of sp³-hybridized carbons (Fsp3) is 0.474. The topological polar surface area (TPSA) is 121 Å². The van der Waals surface area contributed by atoms with E-state index in [2.05, 4.69) is 10.3 Å². The number of benzene rings is 1. The highest BCUT2D eigenvalue weighted by Crippen LogP contribution is 2.66. The van der Waals surface area contributed by atoms with Crippen LogP contribution in [0.5, 0.6) is 0 Å². The van der Waals surface area contributed by atoms with Crippen LogP contribution in [-0.2, 0) is 14.0 Å². The van der Waals surface area contributed by atoms with Gasteiger partial charge < -0.3 is 19.1 Å². The molecule has 1 unspecified atom stereocenters. The maximum Gasteiger partial charge on any atom is 0.361 e. The molecule has 1 saturated heterocycles.